The smallest absolute Gasteiger partial charge is 0.116 e. The van der Waals surface area contributed by atoms with Gasteiger partial charge in [0.25, 0.3) is 0 Å². The first-order chi connectivity index (χ1) is 6.56. The first-order valence-corrected chi connectivity index (χ1v) is 5.12. The Balaban J connectivity index is 3.07. The first kappa shape index (κ1) is 11.1. The van der Waals surface area contributed by atoms with E-state index in [1.54, 1.807) is 12.1 Å². The zero-order chi connectivity index (χ0) is 10.7. The molecule has 0 unspecified atom stereocenters. The van der Waals surface area contributed by atoms with E-state index in [2.05, 4.69) is 6.92 Å². The number of phenols is 1. The molecule has 0 aromatic heterocycles. The molecule has 0 spiro atoms. The SMILES string of the molecule is CCC[C@@H](N)c1c(C)cc(O)cc1C. The van der Waals surface area contributed by atoms with Crippen LogP contribution in [0.5, 0.6) is 5.75 Å². The van der Waals surface area contributed by atoms with Crippen molar-refractivity contribution in [2.24, 2.45) is 5.73 Å². The predicted octanol–water partition coefficient (Wildman–Crippen LogP) is 2.81. The summed E-state index contributed by atoms with van der Waals surface area (Å²) in [6.07, 6.45) is 2.08. The number of phenolic OH excluding ortho intramolecular Hbond substituents is 1. The summed E-state index contributed by atoms with van der Waals surface area (Å²) in [5.74, 6) is 0.326. The van der Waals surface area contributed by atoms with Crippen molar-refractivity contribution in [1.82, 2.24) is 0 Å². The highest BCUT2D eigenvalue weighted by Gasteiger charge is 2.11. The van der Waals surface area contributed by atoms with E-state index in [0.29, 0.717) is 5.75 Å². The van der Waals surface area contributed by atoms with Crippen LogP contribution in [0.2, 0.25) is 0 Å². The van der Waals surface area contributed by atoms with Gasteiger partial charge in [-0.3, -0.25) is 0 Å². The average Bonchev–Trinajstić information content (AvgIpc) is 2.01. The van der Waals surface area contributed by atoms with Gasteiger partial charge >= 0.3 is 0 Å². The van der Waals surface area contributed by atoms with Gasteiger partial charge in [-0.2, -0.15) is 0 Å². The molecule has 0 saturated carbocycles. The summed E-state index contributed by atoms with van der Waals surface area (Å²) >= 11 is 0. The molecule has 1 aromatic carbocycles. The Labute approximate surface area is 85.8 Å². The highest BCUT2D eigenvalue weighted by molar-refractivity contribution is 5.42. The van der Waals surface area contributed by atoms with Crippen LogP contribution in [0.15, 0.2) is 12.1 Å². The van der Waals surface area contributed by atoms with Gasteiger partial charge in [-0.1, -0.05) is 13.3 Å². The highest BCUT2D eigenvalue weighted by Crippen LogP contribution is 2.27. The van der Waals surface area contributed by atoms with Crippen LogP contribution >= 0.6 is 0 Å². The number of hydrogen-bond acceptors (Lipinski definition) is 2. The minimum atomic E-state index is 0.0978. The van der Waals surface area contributed by atoms with Crippen LogP contribution in [0.3, 0.4) is 0 Å². The van der Waals surface area contributed by atoms with Gasteiger partial charge < -0.3 is 10.8 Å². The van der Waals surface area contributed by atoms with Crippen LogP contribution in [0.4, 0.5) is 0 Å². The molecule has 78 valence electrons. The van der Waals surface area contributed by atoms with E-state index >= 15 is 0 Å². The molecule has 0 heterocycles. The van der Waals surface area contributed by atoms with Crippen molar-refractivity contribution in [1.29, 1.82) is 0 Å². The Morgan fingerprint density at radius 2 is 1.79 bits per heavy atom. The molecule has 0 aliphatic carbocycles. The Hall–Kier alpha value is -1.02. The van der Waals surface area contributed by atoms with Crippen molar-refractivity contribution >= 4 is 0 Å². The zero-order valence-electron chi connectivity index (χ0n) is 9.17. The summed E-state index contributed by atoms with van der Waals surface area (Å²) in [7, 11) is 0. The van der Waals surface area contributed by atoms with Crippen LogP contribution in [-0.4, -0.2) is 5.11 Å². The number of hydrogen-bond donors (Lipinski definition) is 2. The van der Waals surface area contributed by atoms with Gasteiger partial charge in [-0.15, -0.1) is 0 Å². The minimum absolute atomic E-state index is 0.0978. The molecule has 2 nitrogen and oxygen atoms in total. The maximum atomic E-state index is 9.39. The number of aryl methyl sites for hydroxylation is 2. The van der Waals surface area contributed by atoms with Crippen molar-refractivity contribution in [3.8, 4) is 5.75 Å². The van der Waals surface area contributed by atoms with Crippen molar-refractivity contribution in [3.05, 3.63) is 28.8 Å². The zero-order valence-corrected chi connectivity index (χ0v) is 9.17. The topological polar surface area (TPSA) is 46.2 Å². The van der Waals surface area contributed by atoms with Gasteiger partial charge in [0.2, 0.25) is 0 Å². The third-order valence-corrected chi connectivity index (χ3v) is 2.55. The van der Waals surface area contributed by atoms with Crippen LogP contribution in [0.1, 0.15) is 42.5 Å². The van der Waals surface area contributed by atoms with Gasteiger partial charge in [-0.05, 0) is 49.1 Å². The maximum Gasteiger partial charge on any atom is 0.116 e. The summed E-state index contributed by atoms with van der Waals surface area (Å²) in [6.45, 7) is 6.13. The lowest BCUT2D eigenvalue weighted by molar-refractivity contribution is 0.473. The second-order valence-electron chi connectivity index (χ2n) is 3.89. The molecule has 0 fully saturated rings. The van der Waals surface area contributed by atoms with Crippen molar-refractivity contribution < 1.29 is 5.11 Å². The van der Waals surface area contributed by atoms with Gasteiger partial charge in [0.1, 0.15) is 5.75 Å². The molecule has 3 N–H and O–H groups in total. The van der Waals surface area contributed by atoms with E-state index in [1.165, 1.54) is 5.56 Å². The molecule has 0 aliphatic heterocycles. The standard InChI is InChI=1S/C12H19NO/c1-4-5-11(13)12-8(2)6-10(14)7-9(12)3/h6-7,11,14H,4-5,13H2,1-3H3/t11-/m1/s1. The number of nitrogens with two attached hydrogens (primary N) is 1. The summed E-state index contributed by atoms with van der Waals surface area (Å²) in [5.41, 5.74) is 9.43. The van der Waals surface area contributed by atoms with Gasteiger partial charge in [0, 0.05) is 6.04 Å². The van der Waals surface area contributed by atoms with E-state index < -0.39 is 0 Å². The monoisotopic (exact) mass is 193 g/mol. The lowest BCUT2D eigenvalue weighted by Crippen LogP contribution is -2.12. The van der Waals surface area contributed by atoms with Crippen LogP contribution in [0, 0.1) is 13.8 Å². The van der Waals surface area contributed by atoms with Crippen molar-refractivity contribution in [2.45, 2.75) is 39.7 Å². The Morgan fingerprint density at radius 3 is 2.21 bits per heavy atom. The van der Waals surface area contributed by atoms with Gasteiger partial charge in [0.15, 0.2) is 0 Å². The summed E-state index contributed by atoms with van der Waals surface area (Å²) in [6, 6.07) is 3.65. The van der Waals surface area contributed by atoms with Crippen molar-refractivity contribution in [3.63, 3.8) is 0 Å². The fraction of sp³-hybridized carbons (Fsp3) is 0.500. The highest BCUT2D eigenvalue weighted by atomic mass is 16.3. The van der Waals surface area contributed by atoms with Gasteiger partial charge in [-0.25, -0.2) is 0 Å². The lowest BCUT2D eigenvalue weighted by Gasteiger charge is -2.17. The molecule has 14 heavy (non-hydrogen) atoms. The van der Waals surface area contributed by atoms with Crippen LogP contribution in [0.25, 0.3) is 0 Å². The summed E-state index contributed by atoms with van der Waals surface area (Å²) in [5, 5.41) is 9.39. The molecule has 0 bridgehead atoms. The number of rotatable bonds is 3. The van der Waals surface area contributed by atoms with Crippen molar-refractivity contribution in [2.75, 3.05) is 0 Å². The van der Waals surface area contributed by atoms with E-state index in [4.69, 9.17) is 5.73 Å². The molecule has 0 amide bonds. The minimum Gasteiger partial charge on any atom is -0.508 e. The number of benzene rings is 1. The predicted molar refractivity (Wildman–Crippen MR) is 59.4 cm³/mol. The largest absolute Gasteiger partial charge is 0.508 e. The summed E-state index contributed by atoms with van der Waals surface area (Å²) in [4.78, 5) is 0. The van der Waals surface area contributed by atoms with E-state index in [9.17, 15) is 5.11 Å². The maximum absolute atomic E-state index is 9.39. The Bertz CT molecular complexity index is 297. The molecular weight excluding hydrogens is 174 g/mol. The average molecular weight is 193 g/mol. The van der Waals surface area contributed by atoms with E-state index in [0.717, 1.165) is 24.0 Å². The van der Waals surface area contributed by atoms with E-state index in [-0.39, 0.29) is 6.04 Å². The quantitative estimate of drug-likeness (QED) is 0.775. The fourth-order valence-electron chi connectivity index (χ4n) is 1.99. The third-order valence-electron chi connectivity index (χ3n) is 2.55. The second kappa shape index (κ2) is 4.47. The van der Waals surface area contributed by atoms with E-state index in [1.807, 2.05) is 13.8 Å². The first-order valence-electron chi connectivity index (χ1n) is 5.12. The number of aromatic hydroxyl groups is 1. The molecule has 1 aromatic rings. The fourth-order valence-corrected chi connectivity index (χ4v) is 1.99. The van der Waals surface area contributed by atoms with Crippen LogP contribution < -0.4 is 5.73 Å². The molecule has 0 saturated heterocycles. The van der Waals surface area contributed by atoms with Crippen LogP contribution in [-0.2, 0) is 0 Å². The normalized spacial score (nSPS) is 12.9. The molecule has 1 atom stereocenters. The molecule has 2 heteroatoms. The Morgan fingerprint density at radius 1 is 1.29 bits per heavy atom. The molecular formula is C12H19NO. The second-order valence-corrected chi connectivity index (χ2v) is 3.89. The third kappa shape index (κ3) is 2.26. The summed E-state index contributed by atoms with van der Waals surface area (Å²) < 4.78 is 0. The molecule has 0 radical (unpaired) electrons. The van der Waals surface area contributed by atoms with Gasteiger partial charge in [0.05, 0.1) is 0 Å². The molecule has 1 rings (SSSR count). The lowest BCUT2D eigenvalue weighted by atomic mass is 9.94. The molecule has 0 aliphatic rings. The Kier molecular flexibility index (Phi) is 3.53.